The van der Waals surface area contributed by atoms with Crippen molar-refractivity contribution in [1.29, 1.82) is 0 Å². The average molecular weight is 395 g/mol. The molecule has 0 spiro atoms. The van der Waals surface area contributed by atoms with Gasteiger partial charge in [-0.25, -0.2) is 4.98 Å². The highest BCUT2D eigenvalue weighted by Gasteiger charge is 2.45. The number of aromatic nitrogens is 3. The Morgan fingerprint density at radius 3 is 2.83 bits per heavy atom. The Morgan fingerprint density at radius 1 is 1.21 bits per heavy atom. The molecule has 0 aromatic carbocycles. The van der Waals surface area contributed by atoms with Crippen LogP contribution in [0.3, 0.4) is 0 Å². The van der Waals surface area contributed by atoms with Gasteiger partial charge in [0, 0.05) is 56.6 Å². The fourth-order valence-electron chi connectivity index (χ4n) is 5.32. The first-order valence-electron chi connectivity index (χ1n) is 10.2. The van der Waals surface area contributed by atoms with E-state index < -0.39 is 6.04 Å². The van der Waals surface area contributed by atoms with E-state index in [-0.39, 0.29) is 29.2 Å². The lowest BCUT2D eigenvalue weighted by Crippen LogP contribution is -2.55. The third kappa shape index (κ3) is 2.89. The summed E-state index contributed by atoms with van der Waals surface area (Å²) < 4.78 is 1.70. The zero-order chi connectivity index (χ0) is 20.3. The first-order valence-corrected chi connectivity index (χ1v) is 10.2. The second-order valence-corrected chi connectivity index (χ2v) is 8.48. The molecule has 29 heavy (non-hydrogen) atoms. The Morgan fingerprint density at radius 2 is 2.03 bits per heavy atom. The summed E-state index contributed by atoms with van der Waals surface area (Å²) in [7, 11) is 0. The number of pyridine rings is 1. The van der Waals surface area contributed by atoms with E-state index in [1.54, 1.807) is 17.6 Å². The van der Waals surface area contributed by atoms with Crippen LogP contribution in [0.2, 0.25) is 0 Å². The predicted octanol–water partition coefficient (Wildman–Crippen LogP) is 0.971. The summed E-state index contributed by atoms with van der Waals surface area (Å²) in [6, 6.07) is 4.64. The number of nitrogens with zero attached hydrogens (tertiary/aromatic N) is 4. The molecule has 3 atom stereocenters. The molecule has 1 saturated heterocycles. The number of hydrogen-bond acceptors (Lipinski definition) is 4. The number of aryl methyl sites for hydroxylation is 1. The predicted molar refractivity (Wildman–Crippen MR) is 105 cm³/mol. The number of carbonyl (C=O) groups excluding carboxylic acids is 2. The van der Waals surface area contributed by atoms with Gasteiger partial charge in [0.15, 0.2) is 0 Å². The second-order valence-electron chi connectivity index (χ2n) is 8.48. The van der Waals surface area contributed by atoms with Gasteiger partial charge in [-0.3, -0.25) is 19.0 Å². The van der Waals surface area contributed by atoms with Gasteiger partial charge in [-0.15, -0.1) is 0 Å². The quantitative estimate of drug-likeness (QED) is 0.779. The number of rotatable bonds is 1. The van der Waals surface area contributed by atoms with Crippen molar-refractivity contribution in [3.8, 4) is 0 Å². The maximum atomic E-state index is 13.7. The highest BCUT2D eigenvalue weighted by molar-refractivity contribution is 5.82. The molecule has 3 aliphatic heterocycles. The number of fused-ring (bicyclic) bond motifs is 5. The minimum absolute atomic E-state index is 0.0215. The van der Waals surface area contributed by atoms with Crippen LogP contribution in [-0.4, -0.2) is 55.8 Å². The third-order valence-corrected chi connectivity index (χ3v) is 6.61. The molecular formula is C21H25N5O3. The number of likely N-dealkylation sites (tertiary alicyclic amines) is 1. The van der Waals surface area contributed by atoms with Crippen molar-refractivity contribution in [2.24, 2.45) is 5.92 Å². The normalized spacial score (nSPS) is 25.4. The van der Waals surface area contributed by atoms with Crippen LogP contribution in [0.25, 0.3) is 0 Å². The van der Waals surface area contributed by atoms with Gasteiger partial charge in [-0.1, -0.05) is 6.07 Å². The smallest absolute Gasteiger partial charge is 0.251 e. The molecule has 8 heteroatoms. The number of piperidine rings is 1. The number of aromatic amines is 1. The number of hydrogen-bond donors (Lipinski definition) is 1. The SMILES string of the molecule is CC(=O)N1C[C@H]2C[C@@H](C1)[C@H](C(=O)N1CCc3nc(C)[nH]c3C1)n1c2cccc1=O. The van der Waals surface area contributed by atoms with Crippen molar-refractivity contribution in [3.63, 3.8) is 0 Å². The molecule has 0 unspecified atom stereocenters. The molecule has 3 aliphatic rings. The van der Waals surface area contributed by atoms with Gasteiger partial charge < -0.3 is 14.8 Å². The van der Waals surface area contributed by atoms with E-state index in [0.717, 1.165) is 29.3 Å². The van der Waals surface area contributed by atoms with E-state index in [4.69, 9.17) is 0 Å². The van der Waals surface area contributed by atoms with Crippen molar-refractivity contribution in [1.82, 2.24) is 24.3 Å². The molecule has 2 bridgehead atoms. The van der Waals surface area contributed by atoms with Crippen LogP contribution >= 0.6 is 0 Å². The molecule has 0 aliphatic carbocycles. The van der Waals surface area contributed by atoms with Crippen LogP contribution < -0.4 is 5.56 Å². The summed E-state index contributed by atoms with van der Waals surface area (Å²) >= 11 is 0. The molecule has 0 saturated carbocycles. The van der Waals surface area contributed by atoms with E-state index in [9.17, 15) is 14.4 Å². The number of H-pyrrole nitrogens is 1. The van der Waals surface area contributed by atoms with Crippen LogP contribution in [0.15, 0.2) is 23.0 Å². The Bertz CT molecular complexity index is 1050. The summed E-state index contributed by atoms with van der Waals surface area (Å²) in [4.78, 5) is 50.0. The zero-order valence-corrected chi connectivity index (χ0v) is 16.7. The molecule has 5 rings (SSSR count). The summed E-state index contributed by atoms with van der Waals surface area (Å²) in [5.41, 5.74) is 2.73. The highest BCUT2D eigenvalue weighted by Crippen LogP contribution is 2.42. The summed E-state index contributed by atoms with van der Waals surface area (Å²) in [6.45, 7) is 5.69. The molecule has 152 valence electrons. The number of carbonyl (C=O) groups is 2. The number of nitrogens with one attached hydrogen (secondary N) is 1. The summed E-state index contributed by atoms with van der Waals surface area (Å²) in [5.74, 6) is 0.886. The van der Waals surface area contributed by atoms with Crippen molar-refractivity contribution in [2.45, 2.75) is 45.2 Å². The van der Waals surface area contributed by atoms with Crippen molar-refractivity contribution >= 4 is 11.8 Å². The summed E-state index contributed by atoms with van der Waals surface area (Å²) in [5, 5.41) is 0. The van der Waals surface area contributed by atoms with Crippen LogP contribution in [-0.2, 0) is 22.6 Å². The average Bonchev–Trinajstić information content (AvgIpc) is 3.07. The van der Waals surface area contributed by atoms with E-state index in [0.29, 0.717) is 32.6 Å². The number of imidazole rings is 1. The van der Waals surface area contributed by atoms with Crippen molar-refractivity contribution < 1.29 is 9.59 Å². The topological polar surface area (TPSA) is 91.3 Å². The van der Waals surface area contributed by atoms with Crippen LogP contribution in [0.5, 0.6) is 0 Å². The summed E-state index contributed by atoms with van der Waals surface area (Å²) in [6.07, 6.45) is 1.54. The molecule has 0 radical (unpaired) electrons. The first kappa shape index (κ1) is 18.1. The van der Waals surface area contributed by atoms with Crippen molar-refractivity contribution in [3.05, 3.63) is 51.5 Å². The Hall–Kier alpha value is -2.90. The van der Waals surface area contributed by atoms with Crippen molar-refractivity contribution in [2.75, 3.05) is 19.6 Å². The third-order valence-electron chi connectivity index (χ3n) is 6.61. The van der Waals surface area contributed by atoms with E-state index in [1.165, 1.54) is 6.07 Å². The van der Waals surface area contributed by atoms with E-state index in [1.807, 2.05) is 22.8 Å². The van der Waals surface area contributed by atoms with Crippen LogP contribution in [0, 0.1) is 12.8 Å². The monoisotopic (exact) mass is 395 g/mol. The molecule has 2 amide bonds. The Balaban J connectivity index is 1.53. The Kier molecular flexibility index (Phi) is 4.11. The second kappa shape index (κ2) is 6.57. The van der Waals surface area contributed by atoms with Crippen LogP contribution in [0.4, 0.5) is 0 Å². The Labute approximate surface area is 168 Å². The lowest BCUT2D eigenvalue weighted by molar-refractivity contribution is -0.142. The molecule has 1 N–H and O–H groups in total. The number of amides is 2. The zero-order valence-electron chi connectivity index (χ0n) is 16.7. The van der Waals surface area contributed by atoms with Gasteiger partial charge in [0.05, 0.1) is 17.9 Å². The minimum Gasteiger partial charge on any atom is -0.344 e. The van der Waals surface area contributed by atoms with Gasteiger partial charge >= 0.3 is 0 Å². The minimum atomic E-state index is -0.567. The lowest BCUT2D eigenvalue weighted by atomic mass is 9.78. The van der Waals surface area contributed by atoms with Gasteiger partial charge in [0.25, 0.3) is 5.56 Å². The molecule has 2 aromatic heterocycles. The van der Waals surface area contributed by atoms with Gasteiger partial charge in [-0.05, 0) is 19.4 Å². The van der Waals surface area contributed by atoms with Gasteiger partial charge in [0.1, 0.15) is 11.9 Å². The molecule has 2 aromatic rings. The van der Waals surface area contributed by atoms with Gasteiger partial charge in [0.2, 0.25) is 11.8 Å². The first-order chi connectivity index (χ1) is 13.9. The fourth-order valence-corrected chi connectivity index (χ4v) is 5.32. The standard InChI is InChI=1S/C21H25N5O3/c1-12-22-16-6-7-24(11-17(16)23-12)21(29)20-15-8-14(9-25(10-15)13(2)27)18-4-3-5-19(28)26(18)20/h3-5,14-15,20H,6-11H2,1-2H3,(H,22,23)/t14-,15+,20-/m1/s1. The van der Waals surface area contributed by atoms with E-state index in [2.05, 4.69) is 9.97 Å². The maximum Gasteiger partial charge on any atom is 0.251 e. The highest BCUT2D eigenvalue weighted by atomic mass is 16.2. The largest absolute Gasteiger partial charge is 0.344 e. The van der Waals surface area contributed by atoms with E-state index >= 15 is 0 Å². The molecule has 5 heterocycles. The lowest BCUT2D eigenvalue weighted by Gasteiger charge is -2.47. The molecule has 1 fully saturated rings. The van der Waals surface area contributed by atoms with Gasteiger partial charge in [-0.2, -0.15) is 0 Å². The molecular weight excluding hydrogens is 370 g/mol. The molecule has 8 nitrogen and oxygen atoms in total. The fraction of sp³-hybridized carbons (Fsp3) is 0.524. The maximum absolute atomic E-state index is 13.7. The van der Waals surface area contributed by atoms with Crippen LogP contribution in [0.1, 0.15) is 48.2 Å².